The Morgan fingerprint density at radius 3 is 2.65 bits per heavy atom. The summed E-state index contributed by atoms with van der Waals surface area (Å²) in [6.45, 7) is 2.34. The molecule has 1 aliphatic rings. The van der Waals surface area contributed by atoms with Crippen molar-refractivity contribution >= 4 is 0 Å². The van der Waals surface area contributed by atoms with E-state index in [4.69, 9.17) is 0 Å². The third-order valence-corrected chi connectivity index (χ3v) is 2.99. The highest BCUT2D eigenvalue weighted by Gasteiger charge is 2.24. The standard InChI is InChI=1S/C13H15N3O/c17-13-9-15(10-13)8-11-6-7-16(14-11)12-4-2-1-3-5-12/h1-7,13,17H,8-10H2. The van der Waals surface area contributed by atoms with Gasteiger partial charge in [-0.25, -0.2) is 4.68 Å². The van der Waals surface area contributed by atoms with E-state index >= 15 is 0 Å². The summed E-state index contributed by atoms with van der Waals surface area (Å²) in [7, 11) is 0. The lowest BCUT2D eigenvalue weighted by molar-refractivity contribution is -0.00359. The van der Waals surface area contributed by atoms with Gasteiger partial charge >= 0.3 is 0 Å². The molecule has 0 aliphatic carbocycles. The first kappa shape index (κ1) is 10.5. The van der Waals surface area contributed by atoms with E-state index in [1.807, 2.05) is 47.3 Å². The Balaban J connectivity index is 1.70. The largest absolute Gasteiger partial charge is 0.390 e. The van der Waals surface area contributed by atoms with Gasteiger partial charge in [0.05, 0.1) is 17.5 Å². The second-order valence-corrected chi connectivity index (χ2v) is 4.44. The van der Waals surface area contributed by atoms with Crippen LogP contribution in [0.5, 0.6) is 0 Å². The van der Waals surface area contributed by atoms with Crippen LogP contribution in [0.15, 0.2) is 42.6 Å². The van der Waals surface area contributed by atoms with Crippen LogP contribution in [0, 0.1) is 0 Å². The van der Waals surface area contributed by atoms with Crippen molar-refractivity contribution in [2.75, 3.05) is 13.1 Å². The predicted octanol–water partition coefficient (Wildman–Crippen LogP) is 1.05. The summed E-state index contributed by atoms with van der Waals surface area (Å²) < 4.78 is 1.88. The maximum Gasteiger partial charge on any atom is 0.0794 e. The molecule has 0 atom stereocenters. The summed E-state index contributed by atoms with van der Waals surface area (Å²) in [4.78, 5) is 2.18. The number of hydrogen-bond donors (Lipinski definition) is 1. The molecule has 1 aromatic heterocycles. The van der Waals surface area contributed by atoms with Gasteiger partial charge in [-0.3, -0.25) is 4.90 Å². The van der Waals surface area contributed by atoms with Crippen LogP contribution in [0.2, 0.25) is 0 Å². The van der Waals surface area contributed by atoms with E-state index in [2.05, 4.69) is 10.00 Å². The molecule has 0 spiro atoms. The number of aromatic nitrogens is 2. The molecule has 88 valence electrons. The van der Waals surface area contributed by atoms with Crippen LogP contribution < -0.4 is 0 Å². The van der Waals surface area contributed by atoms with Gasteiger partial charge in [0.1, 0.15) is 0 Å². The minimum absolute atomic E-state index is 0.147. The minimum atomic E-state index is -0.147. The van der Waals surface area contributed by atoms with Crippen molar-refractivity contribution in [2.24, 2.45) is 0 Å². The normalized spacial score (nSPS) is 17.0. The highest BCUT2D eigenvalue weighted by Crippen LogP contribution is 2.13. The predicted molar refractivity (Wildman–Crippen MR) is 64.8 cm³/mol. The molecule has 0 saturated carbocycles. The van der Waals surface area contributed by atoms with Gasteiger partial charge < -0.3 is 5.11 Å². The fraction of sp³-hybridized carbons (Fsp3) is 0.308. The Kier molecular flexibility index (Phi) is 2.66. The number of β-amino-alcohol motifs (C(OH)–C–C–N with tert-alkyl or cyclic N) is 1. The number of aliphatic hydroxyl groups is 1. The van der Waals surface area contributed by atoms with Gasteiger partial charge in [0.15, 0.2) is 0 Å². The van der Waals surface area contributed by atoms with Crippen molar-refractivity contribution in [1.29, 1.82) is 0 Å². The Morgan fingerprint density at radius 2 is 1.94 bits per heavy atom. The van der Waals surface area contributed by atoms with Crippen LogP contribution in [-0.2, 0) is 6.54 Å². The van der Waals surface area contributed by atoms with Crippen molar-refractivity contribution in [2.45, 2.75) is 12.6 Å². The van der Waals surface area contributed by atoms with Crippen molar-refractivity contribution in [3.63, 3.8) is 0 Å². The molecule has 1 aliphatic heterocycles. The number of likely N-dealkylation sites (tertiary alicyclic amines) is 1. The van der Waals surface area contributed by atoms with E-state index in [9.17, 15) is 5.11 Å². The number of benzene rings is 1. The van der Waals surface area contributed by atoms with E-state index in [-0.39, 0.29) is 6.10 Å². The SMILES string of the molecule is OC1CN(Cc2ccn(-c3ccccc3)n2)C1. The molecule has 4 nitrogen and oxygen atoms in total. The summed E-state index contributed by atoms with van der Waals surface area (Å²) in [5.74, 6) is 0. The van der Waals surface area contributed by atoms with Crippen molar-refractivity contribution in [3.05, 3.63) is 48.3 Å². The van der Waals surface area contributed by atoms with Gasteiger partial charge in [0.25, 0.3) is 0 Å². The Morgan fingerprint density at radius 1 is 1.18 bits per heavy atom. The summed E-state index contributed by atoms with van der Waals surface area (Å²) in [5.41, 5.74) is 2.11. The first-order valence-corrected chi connectivity index (χ1v) is 5.82. The van der Waals surface area contributed by atoms with Gasteiger partial charge in [-0.1, -0.05) is 18.2 Å². The Bertz CT molecular complexity index is 488. The number of aliphatic hydroxyl groups excluding tert-OH is 1. The van der Waals surface area contributed by atoms with Gasteiger partial charge in [-0.15, -0.1) is 0 Å². The monoisotopic (exact) mass is 229 g/mol. The highest BCUT2D eigenvalue weighted by molar-refractivity contribution is 5.30. The third kappa shape index (κ3) is 2.23. The molecule has 1 aromatic carbocycles. The minimum Gasteiger partial charge on any atom is -0.390 e. The van der Waals surface area contributed by atoms with E-state index in [0.717, 1.165) is 31.0 Å². The average molecular weight is 229 g/mol. The maximum absolute atomic E-state index is 9.21. The van der Waals surface area contributed by atoms with E-state index in [1.54, 1.807) is 0 Å². The van der Waals surface area contributed by atoms with Crippen LogP contribution in [0.25, 0.3) is 5.69 Å². The molecule has 4 heteroatoms. The van der Waals surface area contributed by atoms with E-state index in [0.29, 0.717) is 0 Å². The zero-order chi connectivity index (χ0) is 11.7. The lowest BCUT2D eigenvalue weighted by Crippen LogP contribution is -2.49. The van der Waals surface area contributed by atoms with E-state index in [1.165, 1.54) is 0 Å². The molecular weight excluding hydrogens is 214 g/mol. The van der Waals surface area contributed by atoms with Crippen LogP contribution in [-0.4, -0.2) is 39.0 Å². The number of hydrogen-bond acceptors (Lipinski definition) is 3. The second-order valence-electron chi connectivity index (χ2n) is 4.44. The smallest absolute Gasteiger partial charge is 0.0794 e. The van der Waals surface area contributed by atoms with Gasteiger partial charge in [-0.2, -0.15) is 5.10 Å². The third-order valence-electron chi connectivity index (χ3n) is 2.99. The topological polar surface area (TPSA) is 41.3 Å². The number of para-hydroxylation sites is 1. The summed E-state index contributed by atoms with van der Waals surface area (Å²) in [5, 5.41) is 13.7. The Hall–Kier alpha value is -1.65. The molecular formula is C13H15N3O. The fourth-order valence-corrected chi connectivity index (χ4v) is 2.07. The highest BCUT2D eigenvalue weighted by atomic mass is 16.3. The van der Waals surface area contributed by atoms with Crippen LogP contribution in [0.3, 0.4) is 0 Å². The number of nitrogens with zero attached hydrogens (tertiary/aromatic N) is 3. The molecule has 2 heterocycles. The molecule has 1 saturated heterocycles. The van der Waals surface area contributed by atoms with Crippen LogP contribution >= 0.6 is 0 Å². The first-order chi connectivity index (χ1) is 8.31. The zero-order valence-electron chi connectivity index (χ0n) is 9.53. The summed E-state index contributed by atoms with van der Waals surface area (Å²) in [6.07, 6.45) is 1.83. The molecule has 2 aromatic rings. The molecule has 0 bridgehead atoms. The van der Waals surface area contributed by atoms with Crippen LogP contribution in [0.1, 0.15) is 5.69 Å². The average Bonchev–Trinajstić information content (AvgIpc) is 2.77. The molecule has 0 radical (unpaired) electrons. The summed E-state index contributed by atoms with van der Waals surface area (Å²) >= 11 is 0. The molecule has 3 rings (SSSR count). The molecule has 1 fully saturated rings. The van der Waals surface area contributed by atoms with Crippen molar-refractivity contribution < 1.29 is 5.11 Å². The quantitative estimate of drug-likeness (QED) is 0.855. The van der Waals surface area contributed by atoms with E-state index < -0.39 is 0 Å². The first-order valence-electron chi connectivity index (χ1n) is 5.82. The Labute approximate surface area is 100 Å². The second kappa shape index (κ2) is 4.31. The lowest BCUT2D eigenvalue weighted by Gasteiger charge is -2.35. The van der Waals surface area contributed by atoms with Crippen LogP contribution in [0.4, 0.5) is 0 Å². The molecule has 1 N–H and O–H groups in total. The molecule has 0 unspecified atom stereocenters. The van der Waals surface area contributed by atoms with Crippen molar-refractivity contribution in [1.82, 2.24) is 14.7 Å². The summed E-state index contributed by atoms with van der Waals surface area (Å²) in [6, 6.07) is 12.1. The van der Waals surface area contributed by atoms with Crippen molar-refractivity contribution in [3.8, 4) is 5.69 Å². The fourth-order valence-electron chi connectivity index (χ4n) is 2.07. The van der Waals surface area contributed by atoms with Gasteiger partial charge in [-0.05, 0) is 18.2 Å². The van der Waals surface area contributed by atoms with Gasteiger partial charge in [0.2, 0.25) is 0 Å². The molecule has 0 amide bonds. The zero-order valence-corrected chi connectivity index (χ0v) is 9.53. The maximum atomic E-state index is 9.21. The number of rotatable bonds is 3. The lowest BCUT2D eigenvalue weighted by atomic mass is 10.1. The van der Waals surface area contributed by atoms with Gasteiger partial charge in [0, 0.05) is 25.8 Å². The molecule has 17 heavy (non-hydrogen) atoms.